The molecule has 1 rings (SSSR count). The van der Waals surface area contributed by atoms with E-state index in [9.17, 15) is 4.79 Å². The van der Waals surface area contributed by atoms with Crippen LogP contribution in [0.5, 0.6) is 0 Å². The predicted octanol–water partition coefficient (Wildman–Crippen LogP) is 1.51. The lowest BCUT2D eigenvalue weighted by atomic mass is 9.99. The Labute approximate surface area is 86.6 Å². The molecule has 3 heteroatoms. The van der Waals surface area contributed by atoms with Gasteiger partial charge >= 0.3 is 0 Å². The van der Waals surface area contributed by atoms with Gasteiger partial charge in [-0.2, -0.15) is 0 Å². The molecular weight excluding hydrogens is 176 g/mol. The zero-order valence-electron chi connectivity index (χ0n) is 9.33. The highest BCUT2D eigenvalue weighted by Gasteiger charge is 2.27. The van der Waals surface area contributed by atoms with E-state index in [1.54, 1.807) is 0 Å². The summed E-state index contributed by atoms with van der Waals surface area (Å²) in [7, 11) is 0. The molecule has 1 heterocycles. The first kappa shape index (κ1) is 11.5. The van der Waals surface area contributed by atoms with Crippen LogP contribution in [0.4, 0.5) is 0 Å². The van der Waals surface area contributed by atoms with Gasteiger partial charge < -0.3 is 10.6 Å². The third kappa shape index (κ3) is 2.47. The highest BCUT2D eigenvalue weighted by molar-refractivity contribution is 5.81. The second kappa shape index (κ2) is 5.35. The molecule has 3 nitrogen and oxygen atoms in total. The average Bonchev–Trinajstić information content (AvgIpc) is 2.26. The van der Waals surface area contributed by atoms with E-state index in [-0.39, 0.29) is 11.9 Å². The Hall–Kier alpha value is -0.570. The van der Waals surface area contributed by atoms with Crippen LogP contribution >= 0.6 is 0 Å². The highest BCUT2D eigenvalue weighted by Crippen LogP contribution is 2.20. The molecule has 0 aromatic carbocycles. The zero-order valence-corrected chi connectivity index (χ0v) is 9.33. The smallest absolute Gasteiger partial charge is 0.239 e. The number of carbonyl (C=O) groups is 1. The molecule has 1 aliphatic rings. The molecule has 0 saturated carbocycles. The Bertz CT molecular complexity index is 194. The van der Waals surface area contributed by atoms with Gasteiger partial charge in [-0.15, -0.1) is 0 Å². The maximum Gasteiger partial charge on any atom is 0.239 e. The summed E-state index contributed by atoms with van der Waals surface area (Å²) in [4.78, 5) is 13.9. The molecule has 0 aromatic rings. The van der Waals surface area contributed by atoms with Crippen molar-refractivity contribution in [2.75, 3.05) is 6.54 Å². The van der Waals surface area contributed by atoms with Gasteiger partial charge in [0.2, 0.25) is 5.91 Å². The molecule has 2 N–H and O–H groups in total. The van der Waals surface area contributed by atoms with E-state index in [2.05, 4.69) is 6.92 Å². The minimum atomic E-state index is -0.290. The summed E-state index contributed by atoms with van der Waals surface area (Å²) >= 11 is 0. The first-order valence-corrected chi connectivity index (χ1v) is 5.76. The zero-order chi connectivity index (χ0) is 10.6. The van der Waals surface area contributed by atoms with Crippen LogP contribution in [-0.2, 0) is 4.79 Å². The molecule has 82 valence electrons. The van der Waals surface area contributed by atoms with E-state index in [0.29, 0.717) is 6.04 Å². The van der Waals surface area contributed by atoms with Crippen molar-refractivity contribution in [1.82, 2.24) is 4.90 Å². The van der Waals surface area contributed by atoms with Gasteiger partial charge in [0.05, 0.1) is 6.04 Å². The van der Waals surface area contributed by atoms with Crippen LogP contribution in [0.25, 0.3) is 0 Å². The summed E-state index contributed by atoms with van der Waals surface area (Å²) in [5, 5.41) is 0. The molecule has 1 fully saturated rings. The average molecular weight is 198 g/mol. The maximum atomic E-state index is 11.9. The van der Waals surface area contributed by atoms with Gasteiger partial charge in [-0.25, -0.2) is 0 Å². The van der Waals surface area contributed by atoms with Crippen molar-refractivity contribution in [1.29, 1.82) is 0 Å². The Balaban J connectivity index is 2.58. The molecule has 1 unspecified atom stereocenters. The van der Waals surface area contributed by atoms with Gasteiger partial charge in [0.1, 0.15) is 0 Å². The van der Waals surface area contributed by atoms with Gasteiger partial charge in [0.15, 0.2) is 0 Å². The van der Waals surface area contributed by atoms with E-state index in [1.807, 2.05) is 11.8 Å². The first-order chi connectivity index (χ1) is 6.70. The fourth-order valence-corrected chi connectivity index (χ4v) is 2.10. The number of nitrogens with two attached hydrogens (primary N) is 1. The van der Waals surface area contributed by atoms with E-state index in [0.717, 1.165) is 32.2 Å². The standard InChI is InChI=1S/C11H22N2O/c1-3-9-7-5-6-8-13(9)11(14)10(12)4-2/h9-10H,3-8,12H2,1-2H3/t9?,10-/m0/s1. The van der Waals surface area contributed by atoms with Crippen LogP contribution in [0.15, 0.2) is 0 Å². The molecule has 1 saturated heterocycles. The normalized spacial score (nSPS) is 24.8. The van der Waals surface area contributed by atoms with Crippen LogP contribution in [0.1, 0.15) is 46.0 Å². The van der Waals surface area contributed by atoms with Gasteiger partial charge in [0.25, 0.3) is 0 Å². The fraction of sp³-hybridized carbons (Fsp3) is 0.909. The Kier molecular flexibility index (Phi) is 4.39. The summed E-state index contributed by atoms with van der Waals surface area (Å²) in [6.07, 6.45) is 5.34. The second-order valence-corrected chi connectivity index (χ2v) is 4.10. The Morgan fingerprint density at radius 2 is 2.21 bits per heavy atom. The van der Waals surface area contributed by atoms with Crippen molar-refractivity contribution in [3.8, 4) is 0 Å². The van der Waals surface area contributed by atoms with Crippen LogP contribution in [0.2, 0.25) is 0 Å². The summed E-state index contributed by atoms with van der Waals surface area (Å²) in [5.74, 6) is 0.152. The number of carbonyl (C=O) groups excluding carboxylic acids is 1. The summed E-state index contributed by atoms with van der Waals surface area (Å²) in [5.41, 5.74) is 5.77. The third-order valence-corrected chi connectivity index (χ3v) is 3.14. The number of amides is 1. The van der Waals surface area contributed by atoms with Crippen LogP contribution in [-0.4, -0.2) is 29.4 Å². The van der Waals surface area contributed by atoms with E-state index < -0.39 is 0 Å². The van der Waals surface area contributed by atoms with Gasteiger partial charge in [-0.3, -0.25) is 4.79 Å². The molecule has 1 aliphatic heterocycles. The van der Waals surface area contributed by atoms with Crippen LogP contribution in [0.3, 0.4) is 0 Å². The Morgan fingerprint density at radius 1 is 1.50 bits per heavy atom. The molecule has 0 radical (unpaired) electrons. The quantitative estimate of drug-likeness (QED) is 0.747. The molecule has 1 amide bonds. The first-order valence-electron chi connectivity index (χ1n) is 5.76. The fourth-order valence-electron chi connectivity index (χ4n) is 2.10. The predicted molar refractivity (Wildman–Crippen MR) is 57.9 cm³/mol. The number of nitrogens with zero attached hydrogens (tertiary/aromatic N) is 1. The van der Waals surface area contributed by atoms with Crippen molar-refractivity contribution in [2.24, 2.45) is 5.73 Å². The number of rotatable bonds is 3. The number of hydrogen-bond acceptors (Lipinski definition) is 2. The van der Waals surface area contributed by atoms with E-state index in [4.69, 9.17) is 5.73 Å². The summed E-state index contributed by atoms with van der Waals surface area (Å²) in [6.45, 7) is 5.02. The third-order valence-electron chi connectivity index (χ3n) is 3.14. The molecular formula is C11H22N2O. The van der Waals surface area contributed by atoms with Crippen molar-refractivity contribution >= 4 is 5.91 Å². The molecule has 0 aromatic heterocycles. The molecule has 0 bridgehead atoms. The van der Waals surface area contributed by atoms with E-state index in [1.165, 1.54) is 6.42 Å². The molecule has 14 heavy (non-hydrogen) atoms. The number of piperidine rings is 1. The lowest BCUT2D eigenvalue weighted by Crippen LogP contribution is -2.50. The lowest BCUT2D eigenvalue weighted by Gasteiger charge is -2.36. The molecule has 0 aliphatic carbocycles. The number of likely N-dealkylation sites (tertiary alicyclic amines) is 1. The maximum absolute atomic E-state index is 11.9. The summed E-state index contributed by atoms with van der Waals surface area (Å²) in [6, 6.07) is 0.149. The SMILES string of the molecule is CCC1CCCCN1C(=O)[C@@H](N)CC. The monoisotopic (exact) mass is 198 g/mol. The minimum absolute atomic E-state index is 0.152. The lowest BCUT2D eigenvalue weighted by molar-refractivity contribution is -0.136. The van der Waals surface area contributed by atoms with Crippen molar-refractivity contribution in [3.63, 3.8) is 0 Å². The van der Waals surface area contributed by atoms with Crippen molar-refractivity contribution < 1.29 is 4.79 Å². The minimum Gasteiger partial charge on any atom is -0.338 e. The summed E-state index contributed by atoms with van der Waals surface area (Å²) < 4.78 is 0. The van der Waals surface area contributed by atoms with Crippen LogP contribution < -0.4 is 5.73 Å². The van der Waals surface area contributed by atoms with Crippen molar-refractivity contribution in [3.05, 3.63) is 0 Å². The second-order valence-electron chi connectivity index (χ2n) is 4.10. The molecule has 0 spiro atoms. The highest BCUT2D eigenvalue weighted by atomic mass is 16.2. The van der Waals surface area contributed by atoms with Gasteiger partial charge in [0, 0.05) is 12.6 Å². The van der Waals surface area contributed by atoms with Crippen LogP contribution in [0, 0.1) is 0 Å². The topological polar surface area (TPSA) is 46.3 Å². The van der Waals surface area contributed by atoms with Crippen molar-refractivity contribution in [2.45, 2.75) is 58.0 Å². The van der Waals surface area contributed by atoms with Gasteiger partial charge in [-0.05, 0) is 32.1 Å². The Morgan fingerprint density at radius 3 is 2.79 bits per heavy atom. The van der Waals surface area contributed by atoms with Gasteiger partial charge in [-0.1, -0.05) is 13.8 Å². The largest absolute Gasteiger partial charge is 0.338 e. The number of hydrogen-bond donors (Lipinski definition) is 1. The molecule has 2 atom stereocenters. The van der Waals surface area contributed by atoms with E-state index >= 15 is 0 Å².